The van der Waals surface area contributed by atoms with Crippen molar-refractivity contribution in [2.75, 3.05) is 44.7 Å². The van der Waals surface area contributed by atoms with E-state index in [2.05, 4.69) is 5.32 Å². The Bertz CT molecular complexity index is 1030. The Morgan fingerprint density at radius 1 is 1.19 bits per heavy atom. The first-order chi connectivity index (χ1) is 17.1. The van der Waals surface area contributed by atoms with Crippen molar-refractivity contribution in [3.63, 3.8) is 0 Å². The third kappa shape index (κ3) is 4.91. The minimum Gasteiger partial charge on any atom is -0.377 e. The van der Waals surface area contributed by atoms with Crippen molar-refractivity contribution in [2.24, 2.45) is 5.41 Å². The predicted octanol–water partition coefficient (Wildman–Crippen LogP) is 4.73. The summed E-state index contributed by atoms with van der Waals surface area (Å²) in [5.41, 5.74) is -0.243. The number of anilines is 1. The summed E-state index contributed by atoms with van der Waals surface area (Å²) in [5, 5.41) is 3.50. The van der Waals surface area contributed by atoms with Gasteiger partial charge in [0.05, 0.1) is 41.9 Å². The molecule has 1 aliphatic carbocycles. The summed E-state index contributed by atoms with van der Waals surface area (Å²) in [6, 6.07) is 3.40. The van der Waals surface area contributed by atoms with Gasteiger partial charge in [0.15, 0.2) is 0 Å². The van der Waals surface area contributed by atoms with Gasteiger partial charge in [0, 0.05) is 17.6 Å². The number of piperazine rings is 1. The highest BCUT2D eigenvalue weighted by Crippen LogP contribution is 2.61. The third-order valence-electron chi connectivity index (χ3n) is 8.30. The number of morpholine rings is 1. The van der Waals surface area contributed by atoms with Crippen molar-refractivity contribution >= 4 is 40.8 Å². The molecule has 0 radical (unpaired) electrons. The van der Waals surface area contributed by atoms with E-state index in [0.29, 0.717) is 80.7 Å². The first-order valence-electron chi connectivity index (χ1n) is 12.6. The van der Waals surface area contributed by atoms with Crippen LogP contribution in [0.15, 0.2) is 18.2 Å². The molecule has 0 unspecified atom stereocenters. The van der Waals surface area contributed by atoms with Crippen molar-refractivity contribution in [2.45, 2.75) is 63.1 Å². The molecule has 198 valence electrons. The average Bonchev–Trinajstić information content (AvgIpc) is 3.62. The van der Waals surface area contributed by atoms with E-state index in [4.69, 9.17) is 27.9 Å². The largest absolute Gasteiger partial charge is 0.377 e. The number of halogens is 4. The highest BCUT2D eigenvalue weighted by atomic mass is 35.5. The fraction of sp³-hybridized carbons (Fsp3) is 0.680. The van der Waals surface area contributed by atoms with Crippen LogP contribution < -0.4 is 5.32 Å². The zero-order valence-corrected chi connectivity index (χ0v) is 21.8. The molecule has 5 rings (SSSR count). The molecular formula is C25H32Cl2F2N4O3. The molecule has 1 saturated carbocycles. The lowest BCUT2D eigenvalue weighted by Crippen LogP contribution is -2.68. The minimum absolute atomic E-state index is 0.121. The molecule has 36 heavy (non-hydrogen) atoms. The molecule has 1 aromatic carbocycles. The fourth-order valence-corrected chi connectivity index (χ4v) is 6.17. The zero-order chi connectivity index (χ0) is 25.7. The van der Waals surface area contributed by atoms with Crippen molar-refractivity contribution in [1.82, 2.24) is 14.7 Å². The minimum atomic E-state index is -2.61. The van der Waals surface area contributed by atoms with Gasteiger partial charge in [0.25, 0.3) is 5.92 Å². The highest BCUT2D eigenvalue weighted by molar-refractivity contribution is 6.42. The van der Waals surface area contributed by atoms with E-state index in [-0.39, 0.29) is 24.5 Å². The molecular weight excluding hydrogens is 513 g/mol. The van der Waals surface area contributed by atoms with Crippen molar-refractivity contribution in [1.29, 1.82) is 0 Å². The topological polar surface area (TPSA) is 65.1 Å². The Hall–Kier alpha value is -1.68. The lowest BCUT2D eigenvalue weighted by atomic mass is 9.89. The molecule has 11 heteroatoms. The van der Waals surface area contributed by atoms with Gasteiger partial charge in [0.1, 0.15) is 6.04 Å². The van der Waals surface area contributed by atoms with E-state index in [1.165, 1.54) is 4.90 Å². The first kappa shape index (κ1) is 25.9. The number of hydrogen-bond donors (Lipinski definition) is 1. The fourth-order valence-electron chi connectivity index (χ4n) is 5.87. The van der Waals surface area contributed by atoms with Gasteiger partial charge in [0.2, 0.25) is 5.91 Å². The first-order valence-corrected chi connectivity index (χ1v) is 13.4. The lowest BCUT2D eigenvalue weighted by Gasteiger charge is -2.50. The molecule has 3 heterocycles. The monoisotopic (exact) mass is 544 g/mol. The van der Waals surface area contributed by atoms with Crippen molar-refractivity contribution in [3.05, 3.63) is 28.2 Å². The van der Waals surface area contributed by atoms with Gasteiger partial charge in [-0.1, -0.05) is 23.2 Å². The molecule has 0 aromatic heterocycles. The van der Waals surface area contributed by atoms with Gasteiger partial charge >= 0.3 is 6.03 Å². The van der Waals surface area contributed by atoms with Crippen LogP contribution >= 0.6 is 23.2 Å². The standard InChI is InChI=1S/C25H32Cl2F2N4O3/c1-16-22(34)33-18(3-2-9-31-10-8-24(6-7-24)25(28,29)15-31)13-36-14-19(33)12-32(16)23(35)30-17-4-5-20(26)21(27)11-17/h4-5,11,16,18-19H,2-3,6-10,12-15H2,1H3,(H,30,35)/t16-,18-,19+/m0/s1. The third-order valence-corrected chi connectivity index (χ3v) is 9.03. The Morgan fingerprint density at radius 2 is 1.97 bits per heavy atom. The zero-order valence-electron chi connectivity index (χ0n) is 20.3. The number of urea groups is 1. The summed E-state index contributed by atoms with van der Waals surface area (Å²) < 4.78 is 34.8. The number of ether oxygens (including phenoxy) is 1. The normalized spacial score (nSPS) is 29.2. The molecule has 1 aromatic rings. The summed E-state index contributed by atoms with van der Waals surface area (Å²) >= 11 is 12.0. The number of carbonyl (C=O) groups is 2. The predicted molar refractivity (Wildman–Crippen MR) is 134 cm³/mol. The van der Waals surface area contributed by atoms with E-state index < -0.39 is 23.4 Å². The second-order valence-electron chi connectivity index (χ2n) is 10.6. The van der Waals surface area contributed by atoms with Gasteiger partial charge in [-0.05, 0) is 70.3 Å². The van der Waals surface area contributed by atoms with Gasteiger partial charge in [-0.25, -0.2) is 13.6 Å². The summed E-state index contributed by atoms with van der Waals surface area (Å²) in [6.45, 7) is 3.97. The van der Waals surface area contributed by atoms with Gasteiger partial charge < -0.3 is 19.9 Å². The average molecular weight is 545 g/mol. The highest BCUT2D eigenvalue weighted by Gasteiger charge is 2.63. The van der Waals surface area contributed by atoms with Crippen LogP contribution in [0.25, 0.3) is 0 Å². The summed E-state index contributed by atoms with van der Waals surface area (Å²) in [5.74, 6) is -2.73. The molecule has 3 amide bonds. The number of rotatable bonds is 5. The molecule has 3 saturated heterocycles. The quantitative estimate of drug-likeness (QED) is 0.582. The van der Waals surface area contributed by atoms with Gasteiger partial charge in [-0.2, -0.15) is 0 Å². The van der Waals surface area contributed by atoms with E-state index in [9.17, 15) is 18.4 Å². The number of fused-ring (bicyclic) bond motifs is 1. The van der Waals surface area contributed by atoms with E-state index >= 15 is 0 Å². The summed E-state index contributed by atoms with van der Waals surface area (Å²) in [4.78, 5) is 31.6. The molecule has 1 N–H and O–H groups in total. The molecule has 3 aliphatic heterocycles. The van der Waals surface area contributed by atoms with E-state index in [1.54, 1.807) is 25.1 Å². The number of piperidine rings is 1. The van der Waals surface area contributed by atoms with Crippen LogP contribution in [0.5, 0.6) is 0 Å². The number of nitrogens with one attached hydrogen (secondary N) is 1. The molecule has 7 nitrogen and oxygen atoms in total. The van der Waals surface area contributed by atoms with Crippen LogP contribution in [-0.2, 0) is 9.53 Å². The molecule has 3 atom stereocenters. The SMILES string of the molecule is C[C@H]1C(=O)N2[C@@H](CCCN3CCC4(CC4)C(F)(F)C3)COC[C@H]2CN1C(=O)Nc1ccc(Cl)c(Cl)c1. The molecule has 1 spiro atoms. The molecule has 4 fully saturated rings. The van der Waals surface area contributed by atoms with E-state index in [1.807, 2.05) is 9.80 Å². The summed E-state index contributed by atoms with van der Waals surface area (Å²) in [7, 11) is 0. The Morgan fingerprint density at radius 3 is 2.67 bits per heavy atom. The number of alkyl halides is 2. The van der Waals surface area contributed by atoms with Crippen LogP contribution in [0, 0.1) is 5.41 Å². The number of nitrogens with zero attached hydrogens (tertiary/aromatic N) is 3. The number of benzene rings is 1. The van der Waals surface area contributed by atoms with Gasteiger partial charge in [-0.15, -0.1) is 0 Å². The number of carbonyl (C=O) groups excluding carboxylic acids is 2. The van der Waals surface area contributed by atoms with Crippen LogP contribution in [-0.4, -0.2) is 90.1 Å². The number of likely N-dealkylation sites (tertiary alicyclic amines) is 1. The Balaban J connectivity index is 1.16. The molecule has 0 bridgehead atoms. The van der Waals surface area contributed by atoms with E-state index in [0.717, 1.165) is 0 Å². The Kier molecular flexibility index (Phi) is 7.13. The van der Waals surface area contributed by atoms with Crippen molar-refractivity contribution in [3.8, 4) is 0 Å². The van der Waals surface area contributed by atoms with Gasteiger partial charge in [-0.3, -0.25) is 9.69 Å². The maximum Gasteiger partial charge on any atom is 0.322 e. The van der Waals surface area contributed by atoms with Crippen molar-refractivity contribution < 1.29 is 23.1 Å². The summed E-state index contributed by atoms with van der Waals surface area (Å²) in [6.07, 6.45) is 3.25. The van der Waals surface area contributed by atoms with Crippen LogP contribution in [0.4, 0.5) is 19.3 Å². The lowest BCUT2D eigenvalue weighted by molar-refractivity contribution is -0.159. The number of hydrogen-bond acceptors (Lipinski definition) is 4. The second kappa shape index (κ2) is 9.89. The van der Waals surface area contributed by atoms with Crippen LogP contribution in [0.1, 0.15) is 39.0 Å². The maximum atomic E-state index is 14.5. The Labute approximate surface area is 220 Å². The maximum absolute atomic E-state index is 14.5. The smallest absolute Gasteiger partial charge is 0.322 e. The van der Waals surface area contributed by atoms with Crippen LogP contribution in [0.2, 0.25) is 10.0 Å². The number of amides is 3. The second-order valence-corrected chi connectivity index (χ2v) is 11.4. The van der Waals surface area contributed by atoms with Crippen LogP contribution in [0.3, 0.4) is 0 Å². The molecule has 4 aliphatic rings.